The van der Waals surface area contributed by atoms with Crippen molar-refractivity contribution in [3.8, 4) is 0 Å². The van der Waals surface area contributed by atoms with E-state index in [1.54, 1.807) is 30.3 Å². The zero-order valence-corrected chi connectivity index (χ0v) is 16.9. The predicted molar refractivity (Wildman–Crippen MR) is 110 cm³/mol. The van der Waals surface area contributed by atoms with E-state index in [2.05, 4.69) is 0 Å². The topological polar surface area (TPSA) is 49.9 Å². The number of fused-ring (bicyclic) bond motifs is 1. The Morgan fingerprint density at radius 2 is 1.48 bits per heavy atom. The lowest BCUT2D eigenvalue weighted by Crippen LogP contribution is -2.37. The van der Waals surface area contributed by atoms with E-state index in [-0.39, 0.29) is 11.3 Å². The van der Waals surface area contributed by atoms with Gasteiger partial charge in [-0.25, -0.2) is 14.4 Å². The predicted octanol–water partition coefficient (Wildman–Crippen LogP) is 4.90. The summed E-state index contributed by atoms with van der Waals surface area (Å²) in [6.45, 7) is 0. The molecule has 0 aliphatic carbocycles. The second-order valence-electron chi connectivity index (χ2n) is 7.77. The van der Waals surface area contributed by atoms with E-state index in [9.17, 15) is 27.2 Å². The lowest BCUT2D eigenvalue weighted by molar-refractivity contribution is -0.137. The minimum absolute atomic E-state index is 0.165. The van der Waals surface area contributed by atoms with Gasteiger partial charge in [0.15, 0.2) is 6.10 Å². The molecule has 0 unspecified atom stereocenters. The number of hydroxylamine groups is 1. The van der Waals surface area contributed by atoms with Gasteiger partial charge in [0.2, 0.25) is 5.91 Å². The summed E-state index contributed by atoms with van der Waals surface area (Å²) in [5.74, 6) is -2.91. The van der Waals surface area contributed by atoms with E-state index in [1.165, 1.54) is 29.3 Å². The lowest BCUT2D eigenvalue weighted by atomic mass is 9.89. The summed E-state index contributed by atoms with van der Waals surface area (Å²) >= 11 is 0. The van der Waals surface area contributed by atoms with Gasteiger partial charge in [-0.2, -0.15) is 13.2 Å². The van der Waals surface area contributed by atoms with Crippen molar-refractivity contribution in [3.05, 3.63) is 95.8 Å². The van der Waals surface area contributed by atoms with E-state index in [0.29, 0.717) is 5.69 Å². The molecule has 3 aromatic rings. The highest BCUT2D eigenvalue weighted by atomic mass is 19.4. The number of carbonyl (C=O) groups excluding carboxylic acids is 2. The van der Waals surface area contributed by atoms with Crippen LogP contribution in [-0.4, -0.2) is 17.9 Å². The SMILES string of the molecule is O=C1[C@H]2[C@H](ON(c3ccccc3)[C@H]2c2cccc(C(F)(F)F)c2)C(=O)N1c1ccc(F)cc1. The van der Waals surface area contributed by atoms with Crippen LogP contribution in [0.25, 0.3) is 0 Å². The third kappa shape index (κ3) is 3.54. The Balaban J connectivity index is 1.60. The van der Waals surface area contributed by atoms with Crippen molar-refractivity contribution in [2.24, 2.45) is 5.92 Å². The van der Waals surface area contributed by atoms with Gasteiger partial charge in [0.05, 0.1) is 23.0 Å². The van der Waals surface area contributed by atoms with Crippen molar-refractivity contribution in [2.75, 3.05) is 9.96 Å². The molecule has 2 saturated heterocycles. The summed E-state index contributed by atoms with van der Waals surface area (Å²) in [6.07, 6.45) is -5.82. The number of benzene rings is 3. The fraction of sp³-hybridized carbons (Fsp3) is 0.167. The van der Waals surface area contributed by atoms with Gasteiger partial charge < -0.3 is 0 Å². The third-order valence-corrected chi connectivity index (χ3v) is 5.77. The average molecular weight is 456 g/mol. The molecule has 3 atom stereocenters. The molecule has 2 amide bonds. The first kappa shape index (κ1) is 21.1. The highest BCUT2D eigenvalue weighted by Gasteiger charge is 2.60. The third-order valence-electron chi connectivity index (χ3n) is 5.77. The van der Waals surface area contributed by atoms with Crippen LogP contribution in [0.2, 0.25) is 0 Å². The first-order chi connectivity index (χ1) is 15.8. The number of amides is 2. The second-order valence-corrected chi connectivity index (χ2v) is 7.77. The maximum atomic E-state index is 13.4. The number of rotatable bonds is 3. The van der Waals surface area contributed by atoms with Crippen LogP contribution in [0.4, 0.5) is 28.9 Å². The molecule has 0 radical (unpaired) electrons. The van der Waals surface area contributed by atoms with Crippen LogP contribution in [-0.2, 0) is 20.6 Å². The van der Waals surface area contributed by atoms with E-state index >= 15 is 0 Å². The molecular formula is C24H16F4N2O3. The minimum Gasteiger partial charge on any atom is -0.273 e. The second kappa shape index (κ2) is 7.70. The maximum absolute atomic E-state index is 13.4. The van der Waals surface area contributed by atoms with Gasteiger partial charge in [-0.3, -0.25) is 14.4 Å². The molecule has 33 heavy (non-hydrogen) atoms. The Bertz CT molecular complexity index is 1210. The summed E-state index contributed by atoms with van der Waals surface area (Å²) in [4.78, 5) is 33.3. The molecule has 0 aromatic heterocycles. The van der Waals surface area contributed by atoms with Crippen molar-refractivity contribution in [1.82, 2.24) is 0 Å². The standard InChI is InChI=1S/C24H16F4N2O3/c25-16-9-11-17(12-10-16)29-22(31)19-20(14-5-4-6-15(13-14)24(26,27)28)30(33-21(19)23(29)32)18-7-2-1-3-8-18/h1-13,19-21H/t19-,20+,21+/m1/s1. The fourth-order valence-corrected chi connectivity index (χ4v) is 4.30. The summed E-state index contributed by atoms with van der Waals surface area (Å²) in [5, 5.41) is 1.32. The smallest absolute Gasteiger partial charge is 0.273 e. The molecule has 2 aliphatic heterocycles. The van der Waals surface area contributed by atoms with Gasteiger partial charge in [-0.15, -0.1) is 0 Å². The number of anilines is 2. The lowest BCUT2D eigenvalue weighted by Gasteiger charge is -2.29. The van der Waals surface area contributed by atoms with Crippen molar-refractivity contribution in [1.29, 1.82) is 0 Å². The number of carbonyl (C=O) groups is 2. The van der Waals surface area contributed by atoms with Gasteiger partial charge in [-0.1, -0.05) is 30.3 Å². The zero-order valence-electron chi connectivity index (χ0n) is 16.9. The highest BCUT2D eigenvalue weighted by molar-refractivity contribution is 6.23. The van der Waals surface area contributed by atoms with Gasteiger partial charge in [0.25, 0.3) is 5.91 Å². The number of alkyl halides is 3. The zero-order chi connectivity index (χ0) is 23.3. The quantitative estimate of drug-likeness (QED) is 0.416. The summed E-state index contributed by atoms with van der Waals surface area (Å²) in [5.41, 5.74) is -0.0337. The maximum Gasteiger partial charge on any atom is 0.416 e. The molecule has 2 fully saturated rings. The molecule has 3 aromatic carbocycles. The Hall–Kier alpha value is -3.72. The van der Waals surface area contributed by atoms with Gasteiger partial charge in [0, 0.05) is 0 Å². The van der Waals surface area contributed by atoms with E-state index < -0.39 is 47.4 Å². The summed E-state index contributed by atoms with van der Waals surface area (Å²) in [6, 6.07) is 17.0. The Morgan fingerprint density at radius 1 is 0.788 bits per heavy atom. The Labute approximate surface area is 185 Å². The van der Waals surface area contributed by atoms with Crippen LogP contribution < -0.4 is 9.96 Å². The van der Waals surface area contributed by atoms with Gasteiger partial charge >= 0.3 is 6.18 Å². The molecule has 0 spiro atoms. The van der Waals surface area contributed by atoms with Crippen LogP contribution in [0, 0.1) is 11.7 Å². The normalized spacial score (nSPS) is 22.7. The molecule has 2 aliphatic rings. The van der Waals surface area contributed by atoms with Crippen LogP contribution in [0.5, 0.6) is 0 Å². The highest BCUT2D eigenvalue weighted by Crippen LogP contribution is 2.48. The monoisotopic (exact) mass is 456 g/mol. The summed E-state index contributed by atoms with van der Waals surface area (Å²) in [7, 11) is 0. The van der Waals surface area contributed by atoms with Gasteiger partial charge in [-0.05, 0) is 54.1 Å². The van der Waals surface area contributed by atoms with Crippen molar-refractivity contribution < 1.29 is 32.0 Å². The Kier molecular flexibility index (Phi) is 4.93. The fourth-order valence-electron chi connectivity index (χ4n) is 4.30. The molecule has 0 N–H and O–H groups in total. The number of hydrogen-bond donors (Lipinski definition) is 0. The number of imide groups is 1. The van der Waals surface area contributed by atoms with Crippen LogP contribution >= 0.6 is 0 Å². The molecule has 2 heterocycles. The van der Waals surface area contributed by atoms with Crippen molar-refractivity contribution in [3.63, 3.8) is 0 Å². The molecule has 5 nitrogen and oxygen atoms in total. The molecule has 168 valence electrons. The number of hydrogen-bond acceptors (Lipinski definition) is 4. The largest absolute Gasteiger partial charge is 0.416 e. The number of nitrogens with zero attached hydrogens (tertiary/aromatic N) is 2. The van der Waals surface area contributed by atoms with Crippen molar-refractivity contribution >= 4 is 23.2 Å². The number of halogens is 4. The molecule has 0 bridgehead atoms. The Morgan fingerprint density at radius 3 is 2.15 bits per heavy atom. The van der Waals surface area contributed by atoms with E-state index in [4.69, 9.17) is 4.84 Å². The van der Waals surface area contributed by atoms with Crippen LogP contribution in [0.1, 0.15) is 17.2 Å². The van der Waals surface area contributed by atoms with E-state index in [1.807, 2.05) is 0 Å². The van der Waals surface area contributed by atoms with Gasteiger partial charge in [0.1, 0.15) is 11.7 Å². The molecule has 9 heteroatoms. The van der Waals surface area contributed by atoms with Crippen LogP contribution in [0.3, 0.4) is 0 Å². The first-order valence-corrected chi connectivity index (χ1v) is 10.1. The average Bonchev–Trinajstić information content (AvgIpc) is 3.31. The molecular weight excluding hydrogens is 440 g/mol. The van der Waals surface area contributed by atoms with Crippen molar-refractivity contribution in [2.45, 2.75) is 18.3 Å². The van der Waals surface area contributed by atoms with E-state index in [0.717, 1.165) is 29.2 Å². The summed E-state index contributed by atoms with van der Waals surface area (Å²) < 4.78 is 53.5. The van der Waals surface area contributed by atoms with Crippen LogP contribution in [0.15, 0.2) is 78.9 Å². The first-order valence-electron chi connectivity index (χ1n) is 10.1. The number of para-hydroxylation sites is 1. The molecule has 0 saturated carbocycles. The minimum atomic E-state index is -4.58. The molecule has 5 rings (SSSR count).